The van der Waals surface area contributed by atoms with Crippen LogP contribution in [0.25, 0.3) is 0 Å². The van der Waals surface area contributed by atoms with Crippen molar-refractivity contribution in [1.29, 1.82) is 0 Å². The SMILES string of the molecule is COC(=O)OC(COC(=O)OCC1COS(=O)(=O)O1)COC(=O)OCC1COS(=O)(=O)O1. The van der Waals surface area contributed by atoms with Crippen LogP contribution in [-0.4, -0.2) is 100 Å². The van der Waals surface area contributed by atoms with Crippen LogP contribution in [0.3, 0.4) is 0 Å². The third-order valence-electron chi connectivity index (χ3n) is 3.28. The summed E-state index contributed by atoms with van der Waals surface area (Å²) in [4.78, 5) is 34.5. The average molecular weight is 510 g/mol. The summed E-state index contributed by atoms with van der Waals surface area (Å²) < 4.78 is 88.9. The fraction of sp³-hybridized carbons (Fsp3) is 0.769. The number of carbonyl (C=O) groups is 3. The predicted octanol–water partition coefficient (Wildman–Crippen LogP) is -1.24. The molecule has 19 heteroatoms. The summed E-state index contributed by atoms with van der Waals surface area (Å²) in [6.45, 7) is -3.04. The van der Waals surface area contributed by atoms with Gasteiger partial charge in [-0.3, -0.25) is 0 Å². The first-order chi connectivity index (χ1) is 15.0. The molecule has 0 aromatic rings. The summed E-state index contributed by atoms with van der Waals surface area (Å²) in [5, 5.41) is 0. The van der Waals surface area contributed by atoms with E-state index in [1.807, 2.05) is 0 Å². The molecule has 0 amide bonds. The summed E-state index contributed by atoms with van der Waals surface area (Å²) in [7, 11) is -7.25. The van der Waals surface area contributed by atoms with Crippen LogP contribution in [-0.2, 0) is 66.0 Å². The molecule has 0 bridgehead atoms. The lowest BCUT2D eigenvalue weighted by molar-refractivity contribution is -0.0461. The largest absolute Gasteiger partial charge is 0.508 e. The first kappa shape index (κ1) is 25.8. The van der Waals surface area contributed by atoms with Crippen molar-refractivity contribution in [2.75, 3.05) is 46.8 Å². The molecule has 2 rings (SSSR count). The van der Waals surface area contributed by atoms with Gasteiger partial charge < -0.3 is 28.4 Å². The normalized spacial score (nSPS) is 24.2. The van der Waals surface area contributed by atoms with Crippen molar-refractivity contribution in [3.63, 3.8) is 0 Å². The molecule has 0 spiro atoms. The van der Waals surface area contributed by atoms with Gasteiger partial charge in [0.15, 0.2) is 6.10 Å². The summed E-state index contributed by atoms with van der Waals surface area (Å²) in [6, 6.07) is 0. The Morgan fingerprint density at radius 2 is 1.22 bits per heavy atom. The van der Waals surface area contributed by atoms with Gasteiger partial charge in [-0.25, -0.2) is 31.1 Å². The van der Waals surface area contributed by atoms with Gasteiger partial charge in [0.05, 0.1) is 20.3 Å². The molecule has 0 radical (unpaired) electrons. The van der Waals surface area contributed by atoms with Crippen molar-refractivity contribution in [2.45, 2.75) is 18.3 Å². The van der Waals surface area contributed by atoms with Crippen LogP contribution >= 0.6 is 0 Å². The van der Waals surface area contributed by atoms with Crippen molar-refractivity contribution in [1.82, 2.24) is 0 Å². The number of hydrogen-bond acceptors (Lipinski definition) is 17. The fourth-order valence-electron chi connectivity index (χ4n) is 1.94. The Kier molecular flexibility index (Phi) is 9.21. The molecule has 2 aliphatic rings. The van der Waals surface area contributed by atoms with E-state index in [1.54, 1.807) is 0 Å². The standard InChI is InChI=1S/C13H18O17S2/c1-21-11(14)28-8(2-22-12(15)24-4-9-6-26-31(17,18)29-9)3-23-13(16)25-5-10-7-27-32(19,20)30-10/h8-10H,2-7H2,1H3. The van der Waals surface area contributed by atoms with Gasteiger partial charge in [-0.05, 0) is 0 Å². The van der Waals surface area contributed by atoms with Crippen molar-refractivity contribution < 1.29 is 76.4 Å². The number of rotatable bonds is 9. The van der Waals surface area contributed by atoms with Crippen molar-refractivity contribution in [3.05, 3.63) is 0 Å². The quantitative estimate of drug-likeness (QED) is 0.262. The third kappa shape index (κ3) is 9.36. The Morgan fingerprint density at radius 1 is 0.781 bits per heavy atom. The molecular formula is C13H18O17S2. The molecule has 0 N–H and O–H groups in total. The van der Waals surface area contributed by atoms with Gasteiger partial charge in [-0.2, -0.15) is 16.8 Å². The Balaban J connectivity index is 1.71. The van der Waals surface area contributed by atoms with Gasteiger partial charge in [0.25, 0.3) is 0 Å². The maximum Gasteiger partial charge on any atom is 0.508 e. The van der Waals surface area contributed by atoms with Gasteiger partial charge >= 0.3 is 39.3 Å². The van der Waals surface area contributed by atoms with E-state index in [1.165, 1.54) is 0 Å². The molecular weight excluding hydrogens is 492 g/mol. The fourth-order valence-corrected chi connectivity index (χ4v) is 3.58. The highest BCUT2D eigenvalue weighted by Gasteiger charge is 2.32. The summed E-state index contributed by atoms with van der Waals surface area (Å²) in [5.74, 6) is 0. The summed E-state index contributed by atoms with van der Waals surface area (Å²) >= 11 is 0. The first-order valence-electron chi connectivity index (χ1n) is 8.47. The smallest absolute Gasteiger partial charge is 0.438 e. The maximum atomic E-state index is 11.6. The Hall–Kier alpha value is -2.45. The molecule has 32 heavy (non-hydrogen) atoms. The van der Waals surface area contributed by atoms with E-state index in [0.717, 1.165) is 7.11 Å². The van der Waals surface area contributed by atoms with Crippen LogP contribution in [0.5, 0.6) is 0 Å². The Bertz CT molecular complexity index is 816. The van der Waals surface area contributed by atoms with Crippen LogP contribution in [0.4, 0.5) is 14.4 Å². The molecule has 2 heterocycles. The zero-order valence-electron chi connectivity index (χ0n) is 16.2. The Morgan fingerprint density at radius 3 is 1.56 bits per heavy atom. The predicted molar refractivity (Wildman–Crippen MR) is 91.4 cm³/mol. The first-order valence-corrected chi connectivity index (χ1v) is 11.1. The van der Waals surface area contributed by atoms with Crippen molar-refractivity contribution in [3.8, 4) is 0 Å². The molecule has 17 nitrogen and oxygen atoms in total. The van der Waals surface area contributed by atoms with Gasteiger partial charge in [-0.15, -0.1) is 0 Å². The second kappa shape index (κ2) is 11.4. The van der Waals surface area contributed by atoms with Gasteiger partial charge in [0.2, 0.25) is 0 Å². The molecule has 2 atom stereocenters. The van der Waals surface area contributed by atoms with E-state index in [9.17, 15) is 31.2 Å². The van der Waals surface area contributed by atoms with Crippen molar-refractivity contribution >= 4 is 39.3 Å². The molecule has 2 unspecified atom stereocenters. The molecule has 2 fully saturated rings. The molecule has 0 aliphatic carbocycles. The number of hydrogen-bond donors (Lipinski definition) is 0. The third-order valence-corrected chi connectivity index (χ3v) is 5.15. The lowest BCUT2D eigenvalue weighted by Gasteiger charge is -2.17. The second-order valence-corrected chi connectivity index (χ2v) is 8.25. The highest BCUT2D eigenvalue weighted by Crippen LogP contribution is 2.14. The average Bonchev–Trinajstić information content (AvgIpc) is 3.26. The molecule has 2 aliphatic heterocycles. The topological polar surface area (TPSA) is 212 Å². The number of carbonyl (C=O) groups excluding carboxylic acids is 3. The monoisotopic (exact) mass is 510 g/mol. The van der Waals surface area contributed by atoms with Crippen LogP contribution in [0.2, 0.25) is 0 Å². The molecule has 184 valence electrons. The maximum absolute atomic E-state index is 11.6. The minimum Gasteiger partial charge on any atom is -0.438 e. The van der Waals surface area contributed by atoms with E-state index in [2.05, 4.69) is 40.4 Å². The highest BCUT2D eigenvalue weighted by atomic mass is 32.3. The molecule has 0 aromatic heterocycles. The van der Waals surface area contributed by atoms with Crippen LogP contribution < -0.4 is 0 Å². The minimum atomic E-state index is -4.13. The zero-order valence-corrected chi connectivity index (χ0v) is 17.9. The lowest BCUT2D eigenvalue weighted by Crippen LogP contribution is -2.32. The number of methoxy groups -OCH3 is 1. The van der Waals surface area contributed by atoms with E-state index < -0.39 is 84.0 Å². The van der Waals surface area contributed by atoms with Gasteiger partial charge in [0, 0.05) is 0 Å². The van der Waals surface area contributed by atoms with Crippen LogP contribution in [0, 0.1) is 0 Å². The van der Waals surface area contributed by atoms with E-state index in [-0.39, 0.29) is 13.2 Å². The van der Waals surface area contributed by atoms with E-state index in [0.29, 0.717) is 0 Å². The summed E-state index contributed by atoms with van der Waals surface area (Å²) in [5.41, 5.74) is 0. The van der Waals surface area contributed by atoms with Crippen molar-refractivity contribution in [2.24, 2.45) is 0 Å². The van der Waals surface area contributed by atoms with E-state index in [4.69, 9.17) is 4.74 Å². The van der Waals surface area contributed by atoms with Crippen LogP contribution in [0.15, 0.2) is 0 Å². The highest BCUT2D eigenvalue weighted by molar-refractivity contribution is 7.82. The summed E-state index contributed by atoms with van der Waals surface area (Å²) in [6.07, 6.45) is -7.21. The minimum absolute atomic E-state index is 0.358. The molecule has 0 saturated carbocycles. The van der Waals surface area contributed by atoms with Gasteiger partial charge in [-0.1, -0.05) is 0 Å². The second-order valence-electron chi connectivity index (χ2n) is 5.76. The zero-order chi connectivity index (χ0) is 23.8. The van der Waals surface area contributed by atoms with Gasteiger partial charge in [0.1, 0.15) is 38.6 Å². The number of ether oxygens (including phenoxy) is 6. The Labute approximate surface area is 181 Å². The molecule has 2 saturated heterocycles. The van der Waals surface area contributed by atoms with Crippen LogP contribution in [0.1, 0.15) is 0 Å². The molecule has 0 aromatic carbocycles. The van der Waals surface area contributed by atoms with E-state index >= 15 is 0 Å². The lowest BCUT2D eigenvalue weighted by atomic mass is 10.4.